The van der Waals surface area contributed by atoms with Crippen LogP contribution in [0, 0.1) is 0 Å². The minimum absolute atomic E-state index is 0.847. The van der Waals surface area contributed by atoms with Gasteiger partial charge >= 0.3 is 0 Å². The highest BCUT2D eigenvalue weighted by atomic mass is 15.1. The molecule has 0 saturated heterocycles. The minimum atomic E-state index is 0.847. The van der Waals surface area contributed by atoms with Crippen molar-refractivity contribution in [1.82, 2.24) is 9.97 Å². The minimum Gasteiger partial charge on any atom is -0.311 e. The Morgan fingerprint density at radius 1 is 0.264 bits per heavy atom. The average molecular weight is 678 g/mol. The molecule has 0 aliphatic carbocycles. The van der Waals surface area contributed by atoms with E-state index < -0.39 is 0 Å². The lowest BCUT2D eigenvalue weighted by atomic mass is 9.92. The van der Waals surface area contributed by atoms with Crippen LogP contribution in [0.5, 0.6) is 0 Å². The fraction of sp³-hybridized carbons (Fsp3) is 0. The smallest absolute Gasteiger partial charge is 0.0973 e. The number of nitrogens with zero attached hydrogens (tertiary/aromatic N) is 3. The largest absolute Gasteiger partial charge is 0.311 e. The van der Waals surface area contributed by atoms with Crippen LogP contribution in [0.2, 0.25) is 0 Å². The van der Waals surface area contributed by atoms with Gasteiger partial charge < -0.3 is 4.90 Å². The monoisotopic (exact) mass is 677 g/mol. The van der Waals surface area contributed by atoms with Crippen LogP contribution in [0.3, 0.4) is 0 Å². The van der Waals surface area contributed by atoms with Gasteiger partial charge in [0.1, 0.15) is 0 Å². The predicted molar refractivity (Wildman–Crippen MR) is 221 cm³/mol. The van der Waals surface area contributed by atoms with Gasteiger partial charge in [0.05, 0.1) is 22.4 Å². The molecule has 0 aliphatic rings. The second-order valence-electron chi connectivity index (χ2n) is 13.0. The van der Waals surface area contributed by atoms with Crippen molar-refractivity contribution in [3.8, 4) is 55.9 Å². The molecule has 9 rings (SSSR count). The number of rotatable bonds is 8. The van der Waals surface area contributed by atoms with Crippen LogP contribution >= 0.6 is 0 Å². The van der Waals surface area contributed by atoms with Gasteiger partial charge in [0.15, 0.2) is 0 Å². The maximum Gasteiger partial charge on any atom is 0.0973 e. The lowest BCUT2D eigenvalue weighted by Gasteiger charge is -2.25. The van der Waals surface area contributed by atoms with E-state index >= 15 is 0 Å². The Balaban J connectivity index is 1.19. The number of aromatic nitrogens is 2. The quantitative estimate of drug-likeness (QED) is 0.160. The van der Waals surface area contributed by atoms with Crippen molar-refractivity contribution in [1.29, 1.82) is 0 Å². The molecule has 0 spiro atoms. The number of fused-ring (bicyclic) bond motifs is 1. The summed E-state index contributed by atoms with van der Waals surface area (Å²) in [7, 11) is 0. The van der Waals surface area contributed by atoms with Gasteiger partial charge in [-0.15, -0.1) is 0 Å². The van der Waals surface area contributed by atoms with E-state index in [4.69, 9.17) is 9.97 Å². The van der Waals surface area contributed by atoms with Gasteiger partial charge in [-0.3, -0.25) is 0 Å². The van der Waals surface area contributed by atoms with Crippen molar-refractivity contribution >= 4 is 28.1 Å². The molecule has 3 nitrogen and oxygen atoms in total. The zero-order valence-corrected chi connectivity index (χ0v) is 29.0. The number of anilines is 3. The number of para-hydroxylation sites is 2. The summed E-state index contributed by atoms with van der Waals surface area (Å²) in [5.74, 6) is 0. The molecular formula is C50H35N3. The van der Waals surface area contributed by atoms with Crippen LogP contribution in [-0.2, 0) is 0 Å². The summed E-state index contributed by atoms with van der Waals surface area (Å²) in [6.45, 7) is 0. The van der Waals surface area contributed by atoms with Gasteiger partial charge in [-0.25, -0.2) is 9.97 Å². The van der Waals surface area contributed by atoms with Crippen molar-refractivity contribution in [2.24, 2.45) is 0 Å². The van der Waals surface area contributed by atoms with E-state index in [9.17, 15) is 0 Å². The first-order valence-corrected chi connectivity index (χ1v) is 17.9. The summed E-state index contributed by atoms with van der Waals surface area (Å²) in [4.78, 5) is 13.1. The van der Waals surface area contributed by atoms with Crippen molar-refractivity contribution in [3.63, 3.8) is 0 Å². The highest BCUT2D eigenvalue weighted by Crippen LogP contribution is 2.40. The maximum atomic E-state index is 5.41. The second-order valence-corrected chi connectivity index (χ2v) is 13.0. The lowest BCUT2D eigenvalue weighted by Crippen LogP contribution is -2.09. The molecule has 0 bridgehead atoms. The van der Waals surface area contributed by atoms with E-state index in [1.165, 1.54) is 11.1 Å². The lowest BCUT2D eigenvalue weighted by molar-refractivity contribution is 1.27. The van der Waals surface area contributed by atoms with E-state index in [1.54, 1.807) is 0 Å². The van der Waals surface area contributed by atoms with Crippen molar-refractivity contribution in [2.75, 3.05) is 4.90 Å². The molecule has 0 unspecified atom stereocenters. The standard InChI is InChI=1S/C50H35N3/c1-6-16-36(17-7-1)37-26-28-39(29-27-37)46-35-48-47(34-45(46)38-18-8-2-9-19-38)52-50(49(51-48)40-20-10-3-11-21-40)41-30-32-44(33-31-41)53(42-22-12-4-13-23-42)43-24-14-5-15-25-43/h1-35H. The topological polar surface area (TPSA) is 29.0 Å². The molecule has 1 heterocycles. The fourth-order valence-electron chi connectivity index (χ4n) is 7.04. The third-order valence-electron chi connectivity index (χ3n) is 9.67. The predicted octanol–water partition coefficient (Wildman–Crippen LogP) is 13.4. The highest BCUT2D eigenvalue weighted by Gasteiger charge is 2.18. The fourth-order valence-corrected chi connectivity index (χ4v) is 7.04. The van der Waals surface area contributed by atoms with Gasteiger partial charge in [-0.05, 0) is 81.9 Å². The molecule has 0 saturated carbocycles. The number of benzene rings is 8. The van der Waals surface area contributed by atoms with Crippen molar-refractivity contribution < 1.29 is 0 Å². The summed E-state index contributed by atoms with van der Waals surface area (Å²) >= 11 is 0. The van der Waals surface area contributed by atoms with E-state index in [2.05, 4.69) is 199 Å². The molecule has 0 amide bonds. The molecule has 1 aromatic heterocycles. The first-order chi connectivity index (χ1) is 26.3. The molecule has 0 fully saturated rings. The Kier molecular flexibility index (Phi) is 8.57. The van der Waals surface area contributed by atoms with E-state index in [0.717, 1.165) is 72.9 Å². The molecule has 250 valence electrons. The van der Waals surface area contributed by atoms with E-state index in [1.807, 2.05) is 18.2 Å². The maximum absolute atomic E-state index is 5.41. The Hall–Kier alpha value is -7.10. The number of hydrogen-bond donors (Lipinski definition) is 0. The van der Waals surface area contributed by atoms with Gasteiger partial charge in [0.2, 0.25) is 0 Å². The van der Waals surface area contributed by atoms with Crippen LogP contribution in [0.15, 0.2) is 212 Å². The van der Waals surface area contributed by atoms with Crippen molar-refractivity contribution in [3.05, 3.63) is 212 Å². The summed E-state index contributed by atoms with van der Waals surface area (Å²) in [5, 5.41) is 0. The van der Waals surface area contributed by atoms with Gasteiger partial charge in [0.25, 0.3) is 0 Å². The zero-order chi connectivity index (χ0) is 35.4. The molecule has 0 aliphatic heterocycles. The van der Waals surface area contributed by atoms with Crippen LogP contribution in [-0.4, -0.2) is 9.97 Å². The van der Waals surface area contributed by atoms with Gasteiger partial charge in [-0.2, -0.15) is 0 Å². The van der Waals surface area contributed by atoms with E-state index in [-0.39, 0.29) is 0 Å². The molecule has 8 aromatic carbocycles. The zero-order valence-electron chi connectivity index (χ0n) is 29.0. The average Bonchev–Trinajstić information content (AvgIpc) is 3.25. The van der Waals surface area contributed by atoms with Crippen LogP contribution in [0.25, 0.3) is 66.9 Å². The third kappa shape index (κ3) is 6.48. The Morgan fingerprint density at radius 2 is 0.566 bits per heavy atom. The van der Waals surface area contributed by atoms with Gasteiger partial charge in [0, 0.05) is 28.2 Å². The Labute approximate surface area is 310 Å². The van der Waals surface area contributed by atoms with Crippen molar-refractivity contribution in [2.45, 2.75) is 0 Å². The molecule has 9 aromatic rings. The molecular weight excluding hydrogens is 643 g/mol. The first-order valence-electron chi connectivity index (χ1n) is 17.9. The number of hydrogen-bond acceptors (Lipinski definition) is 3. The molecule has 3 heteroatoms. The molecule has 53 heavy (non-hydrogen) atoms. The Bertz CT molecular complexity index is 2570. The normalized spacial score (nSPS) is 11.0. The van der Waals surface area contributed by atoms with Crippen LogP contribution < -0.4 is 4.90 Å². The van der Waals surface area contributed by atoms with Gasteiger partial charge in [-0.1, -0.05) is 164 Å². The summed E-state index contributed by atoms with van der Waals surface area (Å²) in [6, 6.07) is 74.3. The highest BCUT2D eigenvalue weighted by molar-refractivity contribution is 5.96. The molecule has 0 N–H and O–H groups in total. The Morgan fingerprint density at radius 3 is 1.04 bits per heavy atom. The summed E-state index contributed by atoms with van der Waals surface area (Å²) < 4.78 is 0. The van der Waals surface area contributed by atoms with Crippen LogP contribution in [0.4, 0.5) is 17.1 Å². The SMILES string of the molecule is c1ccc(-c2ccc(-c3cc4nc(-c5ccccc5)c(-c5ccc(N(c6ccccc6)c6ccccc6)cc5)nc4cc3-c3ccccc3)cc2)cc1. The first kappa shape index (κ1) is 31.9. The third-order valence-corrected chi connectivity index (χ3v) is 9.67. The summed E-state index contributed by atoms with van der Waals surface area (Å²) in [6.07, 6.45) is 0. The second kappa shape index (κ2) is 14.3. The molecule has 0 atom stereocenters. The summed E-state index contributed by atoms with van der Waals surface area (Å²) in [5.41, 5.74) is 15.6. The van der Waals surface area contributed by atoms with Crippen LogP contribution in [0.1, 0.15) is 0 Å². The molecule has 0 radical (unpaired) electrons. The van der Waals surface area contributed by atoms with E-state index in [0.29, 0.717) is 0 Å².